The number of fused-ring (bicyclic) bond motifs is 1. The van der Waals surface area contributed by atoms with E-state index < -0.39 is 0 Å². The van der Waals surface area contributed by atoms with Gasteiger partial charge >= 0.3 is 0 Å². The first-order valence-electron chi connectivity index (χ1n) is 6.08. The van der Waals surface area contributed by atoms with Gasteiger partial charge in [-0.25, -0.2) is 0 Å². The quantitative estimate of drug-likeness (QED) is 0.830. The van der Waals surface area contributed by atoms with Crippen molar-refractivity contribution >= 4 is 11.0 Å². The van der Waals surface area contributed by atoms with Crippen LogP contribution in [0.15, 0.2) is 34.7 Å². The molecule has 0 spiro atoms. The minimum Gasteiger partial charge on any atom is -0.459 e. The third-order valence-electron chi connectivity index (χ3n) is 3.74. The van der Waals surface area contributed by atoms with Gasteiger partial charge in [0.2, 0.25) is 0 Å². The maximum atomic E-state index is 5.98. The Kier molecular flexibility index (Phi) is 2.25. The van der Waals surface area contributed by atoms with Gasteiger partial charge in [0, 0.05) is 5.39 Å². The molecule has 0 aliphatic carbocycles. The van der Waals surface area contributed by atoms with E-state index in [1.165, 1.54) is 18.2 Å². The highest BCUT2D eigenvalue weighted by Gasteiger charge is 2.36. The summed E-state index contributed by atoms with van der Waals surface area (Å²) in [6, 6.07) is 10.4. The third kappa shape index (κ3) is 1.37. The van der Waals surface area contributed by atoms with Gasteiger partial charge in [-0.2, -0.15) is 0 Å². The lowest BCUT2D eigenvalue weighted by atomic mass is 9.91. The van der Waals surface area contributed by atoms with Crippen LogP contribution in [0.2, 0.25) is 0 Å². The predicted octanol–water partition coefficient (Wildman–Crippen LogP) is 3.42. The molecule has 0 radical (unpaired) electrons. The fourth-order valence-electron chi connectivity index (χ4n) is 2.71. The zero-order valence-electron chi connectivity index (χ0n) is 9.62. The van der Waals surface area contributed by atoms with Crippen molar-refractivity contribution in [2.24, 2.45) is 0 Å². The molecule has 2 nitrogen and oxygen atoms in total. The van der Waals surface area contributed by atoms with Gasteiger partial charge in [-0.15, -0.1) is 0 Å². The number of nitrogens with one attached hydrogen (secondary N) is 1. The molecule has 2 heterocycles. The Balaban J connectivity index is 2.10. The van der Waals surface area contributed by atoms with Gasteiger partial charge in [0.25, 0.3) is 0 Å². The fraction of sp³-hybridized carbons (Fsp3) is 0.429. The van der Waals surface area contributed by atoms with Crippen LogP contribution in [0.25, 0.3) is 11.0 Å². The van der Waals surface area contributed by atoms with Crippen molar-refractivity contribution < 1.29 is 4.42 Å². The van der Waals surface area contributed by atoms with Crippen LogP contribution in [0.1, 0.15) is 31.9 Å². The van der Waals surface area contributed by atoms with E-state index >= 15 is 0 Å². The SMILES string of the molecule is CCC1(c2cc3ccccc3o2)CCCN1. The Hall–Kier alpha value is -1.28. The molecule has 1 aromatic heterocycles. The molecule has 0 saturated carbocycles. The van der Waals surface area contributed by atoms with Crippen LogP contribution >= 0.6 is 0 Å². The summed E-state index contributed by atoms with van der Waals surface area (Å²) in [5, 5.41) is 4.81. The van der Waals surface area contributed by atoms with E-state index in [-0.39, 0.29) is 5.54 Å². The molecule has 3 rings (SSSR count). The lowest BCUT2D eigenvalue weighted by Crippen LogP contribution is -2.35. The second kappa shape index (κ2) is 3.63. The molecule has 1 aliphatic rings. The van der Waals surface area contributed by atoms with Crippen molar-refractivity contribution in [1.82, 2.24) is 5.32 Å². The zero-order chi connectivity index (χ0) is 11.0. The van der Waals surface area contributed by atoms with E-state index in [0.29, 0.717) is 0 Å². The van der Waals surface area contributed by atoms with Gasteiger partial charge in [-0.05, 0) is 37.9 Å². The molecule has 0 bridgehead atoms. The highest BCUT2D eigenvalue weighted by Crippen LogP contribution is 2.36. The zero-order valence-corrected chi connectivity index (χ0v) is 9.62. The molecule has 0 amide bonds. The van der Waals surface area contributed by atoms with Gasteiger partial charge in [0.1, 0.15) is 11.3 Å². The first kappa shape index (κ1) is 9.91. The summed E-state index contributed by atoms with van der Waals surface area (Å²) in [6.45, 7) is 3.33. The second-order valence-electron chi connectivity index (χ2n) is 4.61. The molecule has 1 aromatic carbocycles. The third-order valence-corrected chi connectivity index (χ3v) is 3.74. The number of hydrogen-bond acceptors (Lipinski definition) is 2. The highest BCUT2D eigenvalue weighted by atomic mass is 16.3. The van der Waals surface area contributed by atoms with Crippen LogP contribution in [0, 0.1) is 0 Å². The van der Waals surface area contributed by atoms with Crippen LogP contribution in [0.4, 0.5) is 0 Å². The number of furan rings is 1. The Morgan fingerprint density at radius 3 is 2.94 bits per heavy atom. The summed E-state index contributed by atoms with van der Waals surface area (Å²) in [5.41, 5.74) is 1.08. The minimum atomic E-state index is 0.0824. The molecule has 1 N–H and O–H groups in total. The van der Waals surface area contributed by atoms with Gasteiger partial charge in [-0.1, -0.05) is 25.1 Å². The average molecular weight is 215 g/mol. The molecule has 1 aliphatic heterocycles. The van der Waals surface area contributed by atoms with Crippen LogP contribution in [-0.4, -0.2) is 6.54 Å². The van der Waals surface area contributed by atoms with Crippen molar-refractivity contribution in [2.75, 3.05) is 6.54 Å². The van der Waals surface area contributed by atoms with Crippen molar-refractivity contribution in [2.45, 2.75) is 31.7 Å². The molecule has 1 fully saturated rings. The number of benzene rings is 1. The molecule has 84 valence electrons. The molecule has 1 unspecified atom stereocenters. The molecular formula is C14H17NO. The van der Waals surface area contributed by atoms with Crippen molar-refractivity contribution in [3.8, 4) is 0 Å². The average Bonchev–Trinajstić information content (AvgIpc) is 2.96. The van der Waals surface area contributed by atoms with E-state index in [1.807, 2.05) is 12.1 Å². The summed E-state index contributed by atoms with van der Waals surface area (Å²) in [4.78, 5) is 0. The van der Waals surface area contributed by atoms with E-state index in [0.717, 1.165) is 24.3 Å². The number of rotatable bonds is 2. The Bertz CT molecular complexity index is 461. The monoisotopic (exact) mass is 215 g/mol. The summed E-state index contributed by atoms with van der Waals surface area (Å²) < 4.78 is 5.98. The standard InChI is InChI=1S/C14H17NO/c1-2-14(8-5-9-15-14)13-10-11-6-3-4-7-12(11)16-13/h3-4,6-7,10,15H,2,5,8-9H2,1H3. The summed E-state index contributed by atoms with van der Waals surface area (Å²) in [7, 11) is 0. The van der Waals surface area contributed by atoms with Crippen molar-refractivity contribution in [3.63, 3.8) is 0 Å². The lowest BCUT2D eigenvalue weighted by Gasteiger charge is -2.25. The molecule has 1 saturated heterocycles. The molecule has 1 atom stereocenters. The van der Waals surface area contributed by atoms with Gasteiger partial charge in [0.15, 0.2) is 0 Å². The Morgan fingerprint density at radius 1 is 1.38 bits per heavy atom. The number of para-hydroxylation sites is 1. The van der Waals surface area contributed by atoms with Crippen LogP contribution in [0.5, 0.6) is 0 Å². The molecule has 2 aromatic rings. The Labute approximate surface area is 95.6 Å². The van der Waals surface area contributed by atoms with E-state index in [9.17, 15) is 0 Å². The second-order valence-corrected chi connectivity index (χ2v) is 4.61. The van der Waals surface area contributed by atoms with Crippen molar-refractivity contribution in [1.29, 1.82) is 0 Å². The summed E-state index contributed by atoms with van der Waals surface area (Å²) in [6.07, 6.45) is 3.51. The highest BCUT2D eigenvalue weighted by molar-refractivity contribution is 5.78. The van der Waals surface area contributed by atoms with Crippen LogP contribution in [0.3, 0.4) is 0 Å². The fourth-order valence-corrected chi connectivity index (χ4v) is 2.71. The van der Waals surface area contributed by atoms with Crippen molar-refractivity contribution in [3.05, 3.63) is 36.1 Å². The minimum absolute atomic E-state index is 0.0824. The normalized spacial score (nSPS) is 25.3. The first-order chi connectivity index (χ1) is 7.84. The first-order valence-corrected chi connectivity index (χ1v) is 6.08. The largest absolute Gasteiger partial charge is 0.459 e. The van der Waals surface area contributed by atoms with Crippen LogP contribution < -0.4 is 5.32 Å². The van der Waals surface area contributed by atoms with E-state index in [4.69, 9.17) is 4.42 Å². The Morgan fingerprint density at radius 2 is 2.25 bits per heavy atom. The van der Waals surface area contributed by atoms with Gasteiger partial charge in [0.05, 0.1) is 5.54 Å². The number of hydrogen-bond donors (Lipinski definition) is 1. The van der Waals surface area contributed by atoms with E-state index in [1.54, 1.807) is 0 Å². The summed E-state index contributed by atoms with van der Waals surface area (Å²) >= 11 is 0. The van der Waals surface area contributed by atoms with Gasteiger partial charge in [-0.3, -0.25) is 0 Å². The molecule has 2 heteroatoms. The van der Waals surface area contributed by atoms with Gasteiger partial charge < -0.3 is 9.73 Å². The topological polar surface area (TPSA) is 25.2 Å². The maximum Gasteiger partial charge on any atom is 0.134 e. The van der Waals surface area contributed by atoms with Crippen LogP contribution in [-0.2, 0) is 5.54 Å². The lowest BCUT2D eigenvalue weighted by molar-refractivity contribution is 0.306. The molecule has 16 heavy (non-hydrogen) atoms. The predicted molar refractivity (Wildman–Crippen MR) is 65.4 cm³/mol. The molecular weight excluding hydrogens is 198 g/mol. The maximum absolute atomic E-state index is 5.98. The van der Waals surface area contributed by atoms with E-state index in [2.05, 4.69) is 30.4 Å². The summed E-state index contributed by atoms with van der Waals surface area (Å²) in [5.74, 6) is 1.11. The smallest absolute Gasteiger partial charge is 0.134 e.